The molecule has 3 atom stereocenters. The third kappa shape index (κ3) is 1.99. The Morgan fingerprint density at radius 1 is 1.61 bits per heavy atom. The fraction of sp³-hybridized carbons (Fsp3) is 0.600. The third-order valence-corrected chi connectivity index (χ3v) is 3.18. The molecule has 0 amide bonds. The van der Waals surface area contributed by atoms with Gasteiger partial charge in [-0.15, -0.1) is 0 Å². The van der Waals surface area contributed by atoms with E-state index < -0.39 is 35.8 Å². The number of ether oxygens (including phenoxy) is 1. The summed E-state index contributed by atoms with van der Waals surface area (Å²) < 4.78 is 6.63. The van der Waals surface area contributed by atoms with Crippen LogP contribution >= 0.6 is 0 Å². The van der Waals surface area contributed by atoms with E-state index in [0.717, 1.165) is 4.57 Å². The van der Waals surface area contributed by atoms with Crippen molar-refractivity contribution >= 4 is 0 Å². The van der Waals surface area contributed by atoms with Crippen molar-refractivity contribution in [1.82, 2.24) is 9.55 Å². The number of nitrogens with zero attached hydrogens (tertiary/aromatic N) is 1. The molecule has 1 fully saturated rings. The van der Waals surface area contributed by atoms with Crippen molar-refractivity contribution in [2.24, 2.45) is 5.73 Å². The van der Waals surface area contributed by atoms with E-state index in [1.54, 1.807) is 0 Å². The quantitative estimate of drug-likeness (QED) is 0.473. The number of hydrogen-bond acceptors (Lipinski definition) is 6. The molecule has 1 aliphatic rings. The summed E-state index contributed by atoms with van der Waals surface area (Å²) in [5.74, 6) is 0. The Hall–Kier alpha value is -1.48. The van der Waals surface area contributed by atoms with Gasteiger partial charge in [0.25, 0.3) is 5.56 Å². The summed E-state index contributed by atoms with van der Waals surface area (Å²) in [6.07, 6.45) is -0.344. The van der Waals surface area contributed by atoms with Gasteiger partial charge in [0.1, 0.15) is 11.8 Å². The molecule has 1 aromatic heterocycles. The van der Waals surface area contributed by atoms with Gasteiger partial charge < -0.3 is 20.7 Å². The molecule has 8 heteroatoms. The highest BCUT2D eigenvalue weighted by molar-refractivity contribution is 4.97. The number of hydrogen-bond donors (Lipinski definition) is 4. The Kier molecular flexibility index (Phi) is 3.35. The van der Waals surface area contributed by atoms with Gasteiger partial charge in [-0.2, -0.15) is 0 Å². The molecule has 5 N–H and O–H groups in total. The fourth-order valence-corrected chi connectivity index (χ4v) is 2.02. The molecule has 0 bridgehead atoms. The highest BCUT2D eigenvalue weighted by atomic mass is 16.6. The van der Waals surface area contributed by atoms with Crippen molar-refractivity contribution in [2.45, 2.75) is 24.4 Å². The summed E-state index contributed by atoms with van der Waals surface area (Å²) in [5.41, 5.74) is 3.07. The number of aliphatic hydroxyl groups is 2. The zero-order chi connectivity index (χ0) is 13.3. The maximum absolute atomic E-state index is 11.6. The average molecular weight is 257 g/mol. The first-order valence-electron chi connectivity index (χ1n) is 5.51. The van der Waals surface area contributed by atoms with Crippen LogP contribution in [-0.2, 0) is 4.74 Å². The second-order valence-electron chi connectivity index (χ2n) is 4.27. The minimum absolute atomic E-state index is 0.0702. The van der Waals surface area contributed by atoms with E-state index in [1.807, 2.05) is 0 Å². The van der Waals surface area contributed by atoms with Gasteiger partial charge in [-0.05, 0) is 0 Å². The van der Waals surface area contributed by atoms with Crippen molar-refractivity contribution in [3.63, 3.8) is 0 Å². The number of nitrogens with two attached hydrogens (primary N) is 1. The van der Waals surface area contributed by atoms with Gasteiger partial charge >= 0.3 is 5.69 Å². The first-order valence-corrected chi connectivity index (χ1v) is 5.51. The normalized spacial score (nSPS) is 31.7. The molecule has 0 saturated carbocycles. The van der Waals surface area contributed by atoms with Crippen molar-refractivity contribution in [3.8, 4) is 0 Å². The van der Waals surface area contributed by atoms with Crippen molar-refractivity contribution in [1.29, 1.82) is 0 Å². The van der Waals surface area contributed by atoms with Gasteiger partial charge in [0.15, 0.2) is 0 Å². The number of H-pyrrole nitrogens is 1. The summed E-state index contributed by atoms with van der Waals surface area (Å²) in [4.78, 5) is 24.6. The lowest BCUT2D eigenvalue weighted by molar-refractivity contribution is -0.122. The maximum atomic E-state index is 11.6. The standard InChI is InChI=1S/C10H15N3O5/c11-4-10(5-14)6(15)3-8(18-10)13-2-1-7(16)12-9(13)17/h1-2,6,8,14-15H,3-5,11H2,(H,12,16,17). The van der Waals surface area contributed by atoms with Crippen molar-refractivity contribution in [3.05, 3.63) is 33.1 Å². The molecule has 0 aromatic carbocycles. The van der Waals surface area contributed by atoms with Gasteiger partial charge in [-0.1, -0.05) is 0 Å². The van der Waals surface area contributed by atoms with Gasteiger partial charge in [0.2, 0.25) is 0 Å². The first kappa shape index (κ1) is 13.0. The van der Waals surface area contributed by atoms with Crippen molar-refractivity contribution in [2.75, 3.05) is 13.2 Å². The molecule has 0 aliphatic carbocycles. The van der Waals surface area contributed by atoms with Crippen LogP contribution in [0.4, 0.5) is 0 Å². The topological polar surface area (TPSA) is 131 Å². The molecule has 1 aliphatic heterocycles. The molecular formula is C10H15N3O5. The molecule has 0 radical (unpaired) electrons. The van der Waals surface area contributed by atoms with Gasteiger partial charge in [0, 0.05) is 25.2 Å². The molecule has 0 spiro atoms. The smallest absolute Gasteiger partial charge is 0.330 e. The minimum atomic E-state index is -1.26. The summed E-state index contributed by atoms with van der Waals surface area (Å²) in [7, 11) is 0. The Labute approximate surface area is 102 Å². The van der Waals surface area contributed by atoms with Crippen LogP contribution in [0.5, 0.6) is 0 Å². The van der Waals surface area contributed by atoms with Crippen LogP contribution in [0.2, 0.25) is 0 Å². The fourth-order valence-electron chi connectivity index (χ4n) is 2.02. The molecular weight excluding hydrogens is 242 g/mol. The van der Waals surface area contributed by atoms with Gasteiger partial charge in [0.05, 0.1) is 12.7 Å². The first-order chi connectivity index (χ1) is 8.52. The number of aliphatic hydroxyl groups excluding tert-OH is 2. The molecule has 18 heavy (non-hydrogen) atoms. The number of aromatic nitrogens is 2. The molecule has 1 aromatic rings. The zero-order valence-corrected chi connectivity index (χ0v) is 9.57. The molecule has 2 rings (SSSR count). The maximum Gasteiger partial charge on any atom is 0.330 e. The SMILES string of the molecule is NCC1(CO)OC(n2ccc(=O)[nH]c2=O)CC1O. The molecule has 1 saturated heterocycles. The number of aromatic amines is 1. The van der Waals surface area contributed by atoms with Crippen LogP contribution in [0.3, 0.4) is 0 Å². The molecule has 3 unspecified atom stereocenters. The zero-order valence-electron chi connectivity index (χ0n) is 9.57. The third-order valence-electron chi connectivity index (χ3n) is 3.18. The van der Waals surface area contributed by atoms with Crippen LogP contribution in [0.1, 0.15) is 12.6 Å². The van der Waals surface area contributed by atoms with Gasteiger partial charge in [-0.3, -0.25) is 14.3 Å². The minimum Gasteiger partial charge on any atom is -0.393 e. The second-order valence-corrected chi connectivity index (χ2v) is 4.27. The Morgan fingerprint density at radius 3 is 2.83 bits per heavy atom. The number of rotatable bonds is 3. The van der Waals surface area contributed by atoms with Crippen molar-refractivity contribution < 1.29 is 14.9 Å². The second kappa shape index (κ2) is 4.65. The van der Waals surface area contributed by atoms with Crippen LogP contribution < -0.4 is 17.0 Å². The highest BCUT2D eigenvalue weighted by Crippen LogP contribution is 2.35. The Bertz CT molecular complexity index is 533. The van der Waals surface area contributed by atoms with E-state index in [-0.39, 0.29) is 13.0 Å². The molecule has 8 nitrogen and oxygen atoms in total. The lowest BCUT2D eigenvalue weighted by Crippen LogP contribution is -2.49. The van der Waals surface area contributed by atoms with E-state index in [4.69, 9.17) is 10.5 Å². The Balaban J connectivity index is 2.32. The van der Waals surface area contributed by atoms with Gasteiger partial charge in [-0.25, -0.2) is 4.79 Å². The monoisotopic (exact) mass is 257 g/mol. The Morgan fingerprint density at radius 2 is 2.33 bits per heavy atom. The van der Waals surface area contributed by atoms with Crippen LogP contribution in [0.25, 0.3) is 0 Å². The largest absolute Gasteiger partial charge is 0.393 e. The van der Waals surface area contributed by atoms with Crippen LogP contribution in [0.15, 0.2) is 21.9 Å². The lowest BCUT2D eigenvalue weighted by Gasteiger charge is -2.28. The lowest BCUT2D eigenvalue weighted by atomic mass is 9.98. The summed E-state index contributed by atoms with van der Waals surface area (Å²) in [6.45, 7) is -0.515. The summed E-state index contributed by atoms with van der Waals surface area (Å²) in [6, 6.07) is 1.18. The number of nitrogens with one attached hydrogen (secondary N) is 1. The van der Waals surface area contributed by atoms with Crippen LogP contribution in [-0.4, -0.2) is 44.6 Å². The highest BCUT2D eigenvalue weighted by Gasteiger charge is 2.47. The molecule has 100 valence electrons. The van der Waals surface area contributed by atoms with E-state index >= 15 is 0 Å². The average Bonchev–Trinajstić information content (AvgIpc) is 2.67. The molecule has 2 heterocycles. The summed E-state index contributed by atoms with van der Waals surface area (Å²) in [5, 5.41) is 19.1. The van der Waals surface area contributed by atoms with E-state index in [2.05, 4.69) is 4.98 Å². The van der Waals surface area contributed by atoms with E-state index in [9.17, 15) is 19.8 Å². The predicted octanol–water partition coefficient (Wildman–Crippen LogP) is -2.49. The van der Waals surface area contributed by atoms with E-state index in [0.29, 0.717) is 0 Å². The van der Waals surface area contributed by atoms with E-state index in [1.165, 1.54) is 12.3 Å². The van der Waals surface area contributed by atoms with Crippen LogP contribution in [0, 0.1) is 0 Å². The predicted molar refractivity (Wildman–Crippen MR) is 60.9 cm³/mol. The summed E-state index contributed by atoms with van der Waals surface area (Å²) >= 11 is 0.